The molecule has 154 valence electrons. The Morgan fingerprint density at radius 3 is 2.66 bits per heavy atom. The van der Waals surface area contributed by atoms with Crippen LogP contribution in [0.4, 0.5) is 5.69 Å². The molecule has 1 aromatic heterocycles. The number of morpholine rings is 1. The third-order valence-corrected chi connectivity index (χ3v) is 5.60. The average Bonchev–Trinajstić information content (AvgIpc) is 3.28. The van der Waals surface area contributed by atoms with E-state index in [0.29, 0.717) is 19.8 Å². The van der Waals surface area contributed by atoms with E-state index < -0.39 is 16.8 Å². The van der Waals surface area contributed by atoms with E-state index in [0.717, 1.165) is 30.1 Å². The Morgan fingerprint density at radius 2 is 2.03 bits per heavy atom. The second-order valence-corrected chi connectivity index (χ2v) is 7.39. The minimum Gasteiger partial charge on any atom is -0.465 e. The number of hydrogen-bond donors (Lipinski definition) is 1. The molecule has 0 unspecified atom stereocenters. The number of rotatable bonds is 7. The van der Waals surface area contributed by atoms with Crippen LogP contribution in [0.5, 0.6) is 0 Å². The van der Waals surface area contributed by atoms with E-state index in [1.165, 1.54) is 13.2 Å². The van der Waals surface area contributed by atoms with Crippen molar-refractivity contribution in [2.45, 2.75) is 6.04 Å². The molecule has 1 aliphatic rings. The summed E-state index contributed by atoms with van der Waals surface area (Å²) in [6, 6.07) is 7.48. The lowest BCUT2D eigenvalue weighted by atomic mass is 10.1. The van der Waals surface area contributed by atoms with Crippen molar-refractivity contribution in [3.05, 3.63) is 61.8 Å². The monoisotopic (exact) mass is 419 g/mol. The summed E-state index contributed by atoms with van der Waals surface area (Å²) in [5, 5.41) is 16.0. The van der Waals surface area contributed by atoms with Crippen LogP contribution >= 0.6 is 11.3 Å². The lowest BCUT2D eigenvalue weighted by molar-refractivity contribution is -0.384. The van der Waals surface area contributed by atoms with Crippen molar-refractivity contribution in [1.82, 2.24) is 10.2 Å². The van der Waals surface area contributed by atoms with Crippen molar-refractivity contribution in [3.8, 4) is 0 Å². The summed E-state index contributed by atoms with van der Waals surface area (Å²) in [7, 11) is 1.18. The highest BCUT2D eigenvalue weighted by Crippen LogP contribution is 2.26. The first kappa shape index (κ1) is 20.9. The number of ether oxygens (including phenoxy) is 2. The molecule has 1 saturated heterocycles. The summed E-state index contributed by atoms with van der Waals surface area (Å²) >= 11 is 1.60. The summed E-state index contributed by atoms with van der Waals surface area (Å²) < 4.78 is 10.0. The Morgan fingerprint density at radius 1 is 1.31 bits per heavy atom. The van der Waals surface area contributed by atoms with Gasteiger partial charge in [-0.3, -0.25) is 19.8 Å². The fourth-order valence-electron chi connectivity index (χ4n) is 3.15. The summed E-state index contributed by atoms with van der Waals surface area (Å²) in [5.74, 6) is -1.24. The van der Waals surface area contributed by atoms with Gasteiger partial charge in [-0.1, -0.05) is 6.07 Å². The van der Waals surface area contributed by atoms with Crippen molar-refractivity contribution in [3.63, 3.8) is 0 Å². The zero-order chi connectivity index (χ0) is 20.8. The zero-order valence-electron chi connectivity index (χ0n) is 15.8. The number of esters is 1. The predicted molar refractivity (Wildman–Crippen MR) is 106 cm³/mol. The van der Waals surface area contributed by atoms with Gasteiger partial charge in [0.2, 0.25) is 0 Å². The van der Waals surface area contributed by atoms with Gasteiger partial charge in [0.25, 0.3) is 11.6 Å². The van der Waals surface area contributed by atoms with Gasteiger partial charge in [0.05, 0.1) is 36.9 Å². The molecular formula is C19H21N3O6S. The SMILES string of the molecule is COC(=O)c1cc(C(=O)NC[C@@H](c2cccs2)N2CCOCC2)cc([N+](=O)[O-])c1. The van der Waals surface area contributed by atoms with E-state index in [-0.39, 0.29) is 22.9 Å². The second-order valence-electron chi connectivity index (χ2n) is 6.41. The molecule has 3 rings (SSSR count). The molecule has 1 aliphatic heterocycles. The van der Waals surface area contributed by atoms with E-state index in [4.69, 9.17) is 4.74 Å². The van der Waals surface area contributed by atoms with Gasteiger partial charge >= 0.3 is 5.97 Å². The number of nitro benzene ring substituents is 1. The van der Waals surface area contributed by atoms with Crippen LogP contribution in [0.15, 0.2) is 35.7 Å². The van der Waals surface area contributed by atoms with Crippen LogP contribution in [0.1, 0.15) is 31.6 Å². The maximum absolute atomic E-state index is 12.7. The molecule has 0 radical (unpaired) electrons. The van der Waals surface area contributed by atoms with Crippen LogP contribution in [-0.4, -0.2) is 61.7 Å². The van der Waals surface area contributed by atoms with Crippen LogP contribution in [0, 0.1) is 10.1 Å². The van der Waals surface area contributed by atoms with Crippen molar-refractivity contribution >= 4 is 28.9 Å². The van der Waals surface area contributed by atoms with Gasteiger partial charge in [-0.15, -0.1) is 11.3 Å². The molecule has 29 heavy (non-hydrogen) atoms. The number of non-ortho nitro benzene ring substituents is 1. The minimum absolute atomic E-state index is 0.0263. The molecule has 2 heterocycles. The molecular weight excluding hydrogens is 398 g/mol. The molecule has 0 spiro atoms. The number of carbonyl (C=O) groups excluding carboxylic acids is 2. The number of nitrogens with zero attached hydrogens (tertiary/aromatic N) is 2. The summed E-state index contributed by atoms with van der Waals surface area (Å²) in [6.07, 6.45) is 0. The van der Waals surface area contributed by atoms with Gasteiger partial charge in [-0.25, -0.2) is 4.79 Å². The molecule has 10 heteroatoms. The zero-order valence-corrected chi connectivity index (χ0v) is 16.6. The Balaban J connectivity index is 1.78. The smallest absolute Gasteiger partial charge is 0.338 e. The first-order valence-electron chi connectivity index (χ1n) is 9.01. The van der Waals surface area contributed by atoms with Crippen LogP contribution in [0.3, 0.4) is 0 Å². The molecule has 0 bridgehead atoms. The lowest BCUT2D eigenvalue weighted by Gasteiger charge is -2.34. The maximum Gasteiger partial charge on any atom is 0.338 e. The fraction of sp³-hybridized carbons (Fsp3) is 0.368. The van der Waals surface area contributed by atoms with Crippen LogP contribution < -0.4 is 5.32 Å². The third-order valence-electron chi connectivity index (χ3n) is 4.63. The van der Waals surface area contributed by atoms with Crippen molar-refractivity contribution in [2.75, 3.05) is 40.0 Å². The fourth-order valence-corrected chi connectivity index (χ4v) is 4.02. The van der Waals surface area contributed by atoms with Crippen LogP contribution in [-0.2, 0) is 9.47 Å². The van der Waals surface area contributed by atoms with Gasteiger partial charge in [0, 0.05) is 42.2 Å². The molecule has 0 aliphatic carbocycles. The quantitative estimate of drug-likeness (QED) is 0.416. The molecule has 1 N–H and O–H groups in total. The number of carbonyl (C=O) groups is 2. The second kappa shape index (κ2) is 9.59. The van der Waals surface area contributed by atoms with Gasteiger partial charge in [0.15, 0.2) is 0 Å². The first-order valence-corrected chi connectivity index (χ1v) is 9.88. The molecule has 9 nitrogen and oxygen atoms in total. The number of nitrogens with one attached hydrogen (secondary N) is 1. The highest BCUT2D eigenvalue weighted by atomic mass is 32.1. The van der Waals surface area contributed by atoms with Gasteiger partial charge in [0.1, 0.15) is 0 Å². The van der Waals surface area contributed by atoms with Crippen molar-refractivity contribution in [2.24, 2.45) is 0 Å². The summed E-state index contributed by atoms with van der Waals surface area (Å²) in [4.78, 5) is 38.4. The van der Waals surface area contributed by atoms with Crippen LogP contribution in [0.25, 0.3) is 0 Å². The number of thiophene rings is 1. The first-order chi connectivity index (χ1) is 14.0. The molecule has 0 saturated carbocycles. The highest BCUT2D eigenvalue weighted by Gasteiger charge is 2.25. The van der Waals surface area contributed by atoms with Gasteiger partial charge in [-0.2, -0.15) is 0 Å². The average molecular weight is 419 g/mol. The lowest BCUT2D eigenvalue weighted by Crippen LogP contribution is -2.43. The van der Waals surface area contributed by atoms with Gasteiger partial charge < -0.3 is 14.8 Å². The minimum atomic E-state index is -0.743. The highest BCUT2D eigenvalue weighted by molar-refractivity contribution is 7.10. The van der Waals surface area contributed by atoms with E-state index >= 15 is 0 Å². The van der Waals surface area contributed by atoms with E-state index in [1.807, 2.05) is 17.5 Å². The normalized spacial score (nSPS) is 15.5. The van der Waals surface area contributed by atoms with E-state index in [2.05, 4.69) is 15.0 Å². The number of methoxy groups -OCH3 is 1. The third kappa shape index (κ3) is 5.17. The van der Waals surface area contributed by atoms with Gasteiger partial charge in [-0.05, 0) is 17.5 Å². The van der Waals surface area contributed by atoms with Crippen LogP contribution in [0.2, 0.25) is 0 Å². The molecule has 1 aromatic carbocycles. The topological polar surface area (TPSA) is 111 Å². The van der Waals surface area contributed by atoms with E-state index in [1.54, 1.807) is 11.3 Å². The Labute approximate surface area is 171 Å². The molecule has 1 atom stereocenters. The number of nitro groups is 1. The Kier molecular flexibility index (Phi) is 6.91. The Bertz CT molecular complexity index is 880. The summed E-state index contributed by atoms with van der Waals surface area (Å²) in [6.45, 7) is 3.09. The number of benzene rings is 1. The molecule has 2 aromatic rings. The number of amides is 1. The predicted octanol–water partition coefficient (Wildman–Crippen LogP) is 2.25. The molecule has 1 fully saturated rings. The summed E-state index contributed by atoms with van der Waals surface area (Å²) in [5.41, 5.74) is -0.359. The molecule has 1 amide bonds. The standard InChI is InChI=1S/C19H21N3O6S/c1-27-19(24)14-9-13(10-15(11-14)22(25)26)18(23)20-12-16(17-3-2-8-29-17)21-4-6-28-7-5-21/h2-3,8-11,16H,4-7,12H2,1H3,(H,20,23)/t16-/m0/s1. The largest absolute Gasteiger partial charge is 0.465 e. The van der Waals surface area contributed by atoms with Crippen molar-refractivity contribution < 1.29 is 24.0 Å². The Hall–Kier alpha value is -2.82. The van der Waals surface area contributed by atoms with Crippen molar-refractivity contribution in [1.29, 1.82) is 0 Å². The maximum atomic E-state index is 12.7. The van der Waals surface area contributed by atoms with E-state index in [9.17, 15) is 19.7 Å². The number of hydrogen-bond acceptors (Lipinski definition) is 8.